The van der Waals surface area contributed by atoms with Crippen LogP contribution in [0.15, 0.2) is 48.6 Å². The summed E-state index contributed by atoms with van der Waals surface area (Å²) in [5, 5.41) is 76.3. The van der Waals surface area contributed by atoms with Crippen molar-refractivity contribution in [2.75, 3.05) is 13.2 Å². The van der Waals surface area contributed by atoms with Gasteiger partial charge in [-0.25, -0.2) is 0 Å². The van der Waals surface area contributed by atoms with E-state index in [4.69, 9.17) is 9.47 Å². The number of hydrogen-bond acceptors (Lipinski definition) is 10. The van der Waals surface area contributed by atoms with E-state index in [1.165, 1.54) is 212 Å². The summed E-state index contributed by atoms with van der Waals surface area (Å²) in [4.78, 5) is 13.2. The van der Waals surface area contributed by atoms with E-state index in [2.05, 4.69) is 67.8 Å². The number of aliphatic hydroxyl groups excluding tert-OH is 7. The Bertz CT molecular complexity index is 1410. The Morgan fingerprint density at radius 2 is 0.769 bits per heavy atom. The molecule has 0 aromatic heterocycles. The predicted molar refractivity (Wildman–Crippen MR) is 325 cm³/mol. The molecule has 1 heterocycles. The van der Waals surface area contributed by atoms with Gasteiger partial charge < -0.3 is 50.5 Å². The first kappa shape index (κ1) is 74.1. The highest BCUT2D eigenvalue weighted by Gasteiger charge is 2.44. The van der Waals surface area contributed by atoms with E-state index in [-0.39, 0.29) is 12.8 Å². The van der Waals surface area contributed by atoms with E-state index < -0.39 is 74.2 Å². The molecule has 8 N–H and O–H groups in total. The average molecular weight is 1100 g/mol. The Morgan fingerprint density at radius 3 is 1.14 bits per heavy atom. The van der Waals surface area contributed by atoms with Gasteiger partial charge in [-0.1, -0.05) is 262 Å². The molecule has 1 aliphatic heterocycles. The minimum absolute atomic E-state index is 0.241. The van der Waals surface area contributed by atoms with Crippen molar-refractivity contribution in [3.63, 3.8) is 0 Å². The molecule has 11 nitrogen and oxygen atoms in total. The molecule has 11 heteroatoms. The summed E-state index contributed by atoms with van der Waals surface area (Å²) < 4.78 is 11.1. The van der Waals surface area contributed by atoms with Gasteiger partial charge in [0.2, 0.25) is 5.91 Å². The lowest BCUT2D eigenvalue weighted by Gasteiger charge is -2.40. The fourth-order valence-corrected chi connectivity index (χ4v) is 10.5. The van der Waals surface area contributed by atoms with E-state index >= 15 is 0 Å². The van der Waals surface area contributed by atoms with Crippen molar-refractivity contribution in [1.29, 1.82) is 0 Å². The number of amides is 1. The predicted octanol–water partition coefficient (Wildman–Crippen LogP) is 15.2. The van der Waals surface area contributed by atoms with Crippen molar-refractivity contribution in [3.8, 4) is 0 Å². The molecule has 0 radical (unpaired) electrons. The summed E-state index contributed by atoms with van der Waals surface area (Å²) in [6.07, 6.45) is 60.5. The standard InChI is InChI=1S/C67H125NO10/c1-3-5-7-9-11-13-15-17-19-21-23-24-25-26-27-28-29-30-31-32-33-34-35-37-39-41-43-45-47-49-51-53-55-60(71)66(76)68-58(57-77-67-65(75)64(74)63(73)61(56-69)78-67)62(72)59(70)54-52-50-48-46-44-42-40-38-36-22-20-18-16-14-12-10-8-6-4-2/h18,20,26-27,38,40,46,48,58-65,67,69-75H,3-17,19,21-25,28-37,39,41-45,47,49-57H2,1-2H3,(H,68,76)/b20-18+,27-26-,40-38+,48-46+. The summed E-state index contributed by atoms with van der Waals surface area (Å²) in [5.74, 6) is -0.709. The van der Waals surface area contributed by atoms with E-state index in [0.29, 0.717) is 19.3 Å². The molecule has 1 fully saturated rings. The minimum atomic E-state index is -1.67. The molecule has 9 unspecified atom stereocenters. The highest BCUT2D eigenvalue weighted by Crippen LogP contribution is 2.23. The largest absolute Gasteiger partial charge is 0.394 e. The van der Waals surface area contributed by atoms with Gasteiger partial charge in [-0.05, 0) is 89.9 Å². The lowest BCUT2D eigenvalue weighted by Crippen LogP contribution is -2.60. The topological polar surface area (TPSA) is 189 Å². The maximum absolute atomic E-state index is 13.2. The number of carbonyl (C=O) groups is 1. The first-order chi connectivity index (χ1) is 38.2. The van der Waals surface area contributed by atoms with Gasteiger partial charge in [0.1, 0.15) is 36.6 Å². The van der Waals surface area contributed by atoms with Crippen molar-refractivity contribution in [2.24, 2.45) is 0 Å². The zero-order chi connectivity index (χ0) is 56.8. The van der Waals surface area contributed by atoms with Crippen molar-refractivity contribution in [1.82, 2.24) is 5.32 Å². The molecule has 1 rings (SSSR count). The highest BCUT2D eigenvalue weighted by atomic mass is 16.7. The van der Waals surface area contributed by atoms with E-state index in [9.17, 15) is 40.5 Å². The second-order valence-electron chi connectivity index (χ2n) is 23.2. The van der Waals surface area contributed by atoms with E-state index in [1.807, 2.05) is 0 Å². The molecule has 1 amide bonds. The average Bonchev–Trinajstić information content (AvgIpc) is 3.46. The normalized spacial score (nSPS) is 19.7. The Balaban J connectivity index is 2.22. The fourth-order valence-electron chi connectivity index (χ4n) is 10.5. The first-order valence-corrected chi connectivity index (χ1v) is 33.0. The maximum atomic E-state index is 13.2. The SMILES string of the molecule is CCCCCCCC/C=C/CC/C=C/CC/C=C/CCCC(O)C(O)C(COC1OC(CO)C(O)C(O)C1O)NC(=O)C(O)CCCCCCCCCCCCCCCCCC/C=C\CCCCCCCCCCCCCC. The molecular formula is C67H125NO10. The van der Waals surface area contributed by atoms with E-state index in [1.54, 1.807) is 0 Å². The van der Waals surface area contributed by atoms with Gasteiger partial charge in [-0.15, -0.1) is 0 Å². The minimum Gasteiger partial charge on any atom is -0.394 e. The highest BCUT2D eigenvalue weighted by molar-refractivity contribution is 5.80. The molecule has 78 heavy (non-hydrogen) atoms. The first-order valence-electron chi connectivity index (χ1n) is 33.0. The molecule has 9 atom stereocenters. The van der Waals surface area contributed by atoms with Gasteiger partial charge in [-0.3, -0.25) is 4.79 Å². The molecule has 0 spiro atoms. The molecule has 0 bridgehead atoms. The van der Waals surface area contributed by atoms with Crippen LogP contribution in [0.2, 0.25) is 0 Å². The lowest BCUT2D eigenvalue weighted by atomic mass is 9.98. The lowest BCUT2D eigenvalue weighted by molar-refractivity contribution is -0.303. The van der Waals surface area contributed by atoms with Gasteiger partial charge >= 0.3 is 0 Å². The summed E-state index contributed by atoms with van der Waals surface area (Å²) in [5.41, 5.74) is 0. The zero-order valence-electron chi connectivity index (χ0n) is 50.4. The van der Waals surface area contributed by atoms with Crippen LogP contribution in [0.5, 0.6) is 0 Å². The number of allylic oxidation sites excluding steroid dienone is 8. The zero-order valence-corrected chi connectivity index (χ0v) is 50.4. The third-order valence-electron chi connectivity index (χ3n) is 15.8. The summed E-state index contributed by atoms with van der Waals surface area (Å²) in [7, 11) is 0. The molecule has 0 aromatic rings. The van der Waals surface area contributed by atoms with Crippen LogP contribution in [0.3, 0.4) is 0 Å². The van der Waals surface area contributed by atoms with Crippen LogP contribution in [0.1, 0.15) is 303 Å². The number of nitrogens with one attached hydrogen (secondary N) is 1. The quantitative estimate of drug-likeness (QED) is 0.0215. The van der Waals surface area contributed by atoms with Crippen molar-refractivity contribution < 1.29 is 50.0 Å². The van der Waals surface area contributed by atoms with Gasteiger partial charge in [0.05, 0.1) is 25.4 Å². The van der Waals surface area contributed by atoms with Crippen LogP contribution < -0.4 is 5.32 Å². The maximum Gasteiger partial charge on any atom is 0.249 e. The number of carbonyl (C=O) groups excluding carboxylic acids is 1. The molecular weight excluding hydrogens is 979 g/mol. The van der Waals surface area contributed by atoms with E-state index in [0.717, 1.165) is 44.9 Å². The summed E-state index contributed by atoms with van der Waals surface area (Å²) >= 11 is 0. The van der Waals surface area contributed by atoms with Gasteiger partial charge in [-0.2, -0.15) is 0 Å². The van der Waals surface area contributed by atoms with Crippen molar-refractivity contribution >= 4 is 5.91 Å². The van der Waals surface area contributed by atoms with Crippen LogP contribution in [0, 0.1) is 0 Å². The van der Waals surface area contributed by atoms with Crippen molar-refractivity contribution in [2.45, 2.75) is 358 Å². The molecule has 0 aliphatic carbocycles. The Labute approximate surface area is 479 Å². The number of rotatable bonds is 57. The van der Waals surface area contributed by atoms with Crippen LogP contribution in [-0.2, 0) is 14.3 Å². The Morgan fingerprint density at radius 1 is 0.436 bits per heavy atom. The molecule has 458 valence electrons. The number of ether oxygens (including phenoxy) is 2. The Hall–Kier alpha value is -1.93. The number of aliphatic hydroxyl groups is 7. The van der Waals surface area contributed by atoms with Crippen LogP contribution >= 0.6 is 0 Å². The van der Waals surface area contributed by atoms with Gasteiger partial charge in [0.25, 0.3) is 0 Å². The second kappa shape index (κ2) is 55.6. The Kier molecular flexibility index (Phi) is 52.8. The third kappa shape index (κ3) is 42.8. The molecule has 0 saturated carbocycles. The van der Waals surface area contributed by atoms with Crippen LogP contribution in [0.4, 0.5) is 0 Å². The molecule has 1 aliphatic rings. The summed E-state index contributed by atoms with van der Waals surface area (Å²) in [6, 6.07) is -1.20. The number of unbranched alkanes of at least 4 members (excludes halogenated alkanes) is 37. The monoisotopic (exact) mass is 1100 g/mol. The molecule has 0 aromatic carbocycles. The summed E-state index contributed by atoms with van der Waals surface area (Å²) in [6.45, 7) is 3.46. The number of hydrogen-bond donors (Lipinski definition) is 8. The van der Waals surface area contributed by atoms with Crippen molar-refractivity contribution in [3.05, 3.63) is 48.6 Å². The smallest absolute Gasteiger partial charge is 0.249 e. The third-order valence-corrected chi connectivity index (χ3v) is 15.8. The van der Waals surface area contributed by atoms with Crippen LogP contribution in [0.25, 0.3) is 0 Å². The fraction of sp³-hybridized carbons (Fsp3) is 0.866. The molecule has 1 saturated heterocycles. The van der Waals surface area contributed by atoms with Gasteiger partial charge in [0.15, 0.2) is 6.29 Å². The van der Waals surface area contributed by atoms with Gasteiger partial charge in [0, 0.05) is 0 Å². The van der Waals surface area contributed by atoms with Crippen LogP contribution in [-0.4, -0.2) is 110 Å². The second-order valence-corrected chi connectivity index (χ2v) is 23.2.